The van der Waals surface area contributed by atoms with Crippen LogP contribution in [0.1, 0.15) is 85.8 Å². The van der Waals surface area contributed by atoms with Crippen LogP contribution >= 0.6 is 0 Å². The van der Waals surface area contributed by atoms with Crippen molar-refractivity contribution in [3.63, 3.8) is 0 Å². The Kier molecular flexibility index (Phi) is 11.8. The van der Waals surface area contributed by atoms with E-state index in [1.165, 1.54) is 17.2 Å². The lowest BCUT2D eigenvalue weighted by molar-refractivity contribution is -0.384. The number of anilines is 4. The first-order chi connectivity index (χ1) is 35.8. The Morgan fingerprint density at radius 2 is 1.80 bits per heavy atom. The van der Waals surface area contributed by atoms with E-state index >= 15 is 8.42 Å². The molecule has 20 heteroatoms. The number of nitrogens with one attached hydrogen (secondary N) is 2. The second-order valence-electron chi connectivity index (χ2n) is 22.0. The molecule has 6 atom stereocenters. The molecule has 6 fully saturated rings. The maximum atomic E-state index is 16.2. The molecule has 1 aliphatic carbocycles. The molecule has 0 radical (unpaired) electrons. The molecule has 2 aromatic heterocycles. The first-order valence-electron chi connectivity index (χ1n) is 26.3. The van der Waals surface area contributed by atoms with Gasteiger partial charge < -0.3 is 49.5 Å². The average Bonchev–Trinajstić information content (AvgIpc) is 4.17. The summed E-state index contributed by atoms with van der Waals surface area (Å²) in [5.74, 6) is -0.154. The van der Waals surface area contributed by atoms with Crippen LogP contribution < -0.4 is 30.3 Å². The summed E-state index contributed by atoms with van der Waals surface area (Å²) in [7, 11) is -4.78. The van der Waals surface area contributed by atoms with Crippen LogP contribution in [0.15, 0.2) is 76.7 Å². The Labute approximate surface area is 429 Å². The summed E-state index contributed by atoms with van der Waals surface area (Å²) in [6, 6.07) is 18.3. The molecule has 7 aliphatic heterocycles. The highest BCUT2D eigenvalue weighted by molar-refractivity contribution is 7.91. The average molecular weight is 1030 g/mol. The Balaban J connectivity index is 0.887. The van der Waals surface area contributed by atoms with Gasteiger partial charge in [-0.2, -0.15) is 4.98 Å². The van der Waals surface area contributed by atoms with Gasteiger partial charge in [0.1, 0.15) is 28.9 Å². The normalized spacial score (nSPS) is 26.7. The number of amides is 1. The monoisotopic (exact) mass is 1030 g/mol. The molecule has 1 saturated carbocycles. The van der Waals surface area contributed by atoms with Crippen molar-refractivity contribution >= 4 is 55.2 Å². The number of piperidine rings is 1. The minimum Gasteiger partial charge on any atom is -0.489 e. The Morgan fingerprint density at radius 3 is 2.57 bits per heavy atom. The van der Waals surface area contributed by atoms with E-state index in [4.69, 9.17) is 34.4 Å². The van der Waals surface area contributed by atoms with Crippen molar-refractivity contribution in [1.82, 2.24) is 19.8 Å². The number of fused-ring (bicyclic) bond motifs is 6. The third-order valence-corrected chi connectivity index (χ3v) is 19.2. The number of sulfone groups is 1. The molecule has 0 unspecified atom stereocenters. The van der Waals surface area contributed by atoms with Gasteiger partial charge in [0, 0.05) is 75.1 Å². The molecule has 390 valence electrons. The number of hydrogen-bond donors (Lipinski definition) is 3. The number of nitrogens with two attached hydrogens (primary N) is 1. The minimum atomic E-state index is -4.78. The number of nitro groups is 1. The van der Waals surface area contributed by atoms with Gasteiger partial charge in [0.15, 0.2) is 11.4 Å². The number of aromatic amines is 1. The smallest absolute Gasteiger partial charge is 0.297 e. The number of H-pyrrole nitrogens is 1. The Hall–Kier alpha value is -6.03. The van der Waals surface area contributed by atoms with Crippen LogP contribution in [0.5, 0.6) is 11.6 Å². The van der Waals surface area contributed by atoms with Crippen LogP contribution in [0, 0.1) is 15.5 Å². The fourth-order valence-corrected chi connectivity index (χ4v) is 15.4. The summed E-state index contributed by atoms with van der Waals surface area (Å²) < 4.78 is 63.1. The molecular weight excluding hydrogens is 967 g/mol. The molecule has 5 aromatic rings. The van der Waals surface area contributed by atoms with Gasteiger partial charge in [0.05, 0.1) is 77.4 Å². The standard InChI is InChI=1S/C54H63N9O10S/c1-31(2)38-5-3-4-6-39(38)45-29-70-18-16-61(45)35-23-54(24-35)11-14-59(15-12-54)42-8-7-40(51(55)64)49(62-41-10-17-69-30-47(41)73-53-44(62)19-32-9-13-56-52(32)58-53)50(42)74(67,68)37-21-43(63(65)66)48-46(22-37)72-27-33(57-48)25-60-26-36-20-34(60)28-71-36/h3-9,13,19,21-22,31,33-36,41,45,47,57H,10-12,14-18,20,23-30H2,1-2H3,(H2,55,64)(H,56,58)/t33-,34+,36+,41+,45+,47+/m1/s1. The SMILES string of the molecule is CC(C)c1ccccc1[C@@H]1COCCN1C1CC2(CCN(c3ccc(C(N)=O)c(N4c5cc6cc[nH]c6nc5O[C@H]5COCC[C@@H]54)c3S(=O)(=O)c3cc4c(c([N+](=O)[O-])c3)N[C@H](CN3C[C@@H]5C[C@H]3CO5)CO4)CC2)C1. The lowest BCUT2D eigenvalue weighted by Crippen LogP contribution is -2.58. The van der Waals surface area contributed by atoms with Gasteiger partial charge in [-0.3, -0.25) is 24.7 Å². The summed E-state index contributed by atoms with van der Waals surface area (Å²) in [5.41, 5.74) is 10.2. The predicted molar refractivity (Wildman–Crippen MR) is 276 cm³/mol. The van der Waals surface area contributed by atoms with E-state index in [0.29, 0.717) is 81.5 Å². The second kappa shape index (κ2) is 18.4. The third-order valence-electron chi connectivity index (χ3n) is 17.4. The number of carbonyl (C=O) groups is 1. The third kappa shape index (κ3) is 8.05. The van der Waals surface area contributed by atoms with E-state index in [1.54, 1.807) is 18.3 Å². The first kappa shape index (κ1) is 47.7. The molecule has 1 amide bonds. The van der Waals surface area contributed by atoms with Gasteiger partial charge in [0.2, 0.25) is 15.7 Å². The van der Waals surface area contributed by atoms with E-state index in [9.17, 15) is 14.9 Å². The minimum absolute atomic E-state index is 0.0248. The Bertz CT molecular complexity index is 3150. The van der Waals surface area contributed by atoms with E-state index < -0.39 is 38.5 Å². The van der Waals surface area contributed by atoms with Crippen LogP contribution in [0.3, 0.4) is 0 Å². The zero-order valence-corrected chi connectivity index (χ0v) is 42.6. The highest BCUT2D eigenvalue weighted by Crippen LogP contribution is 2.56. The first-order valence-corrected chi connectivity index (χ1v) is 27.8. The Morgan fingerprint density at radius 1 is 0.973 bits per heavy atom. The number of primary amides is 1. The number of ether oxygens (including phenoxy) is 5. The molecule has 9 heterocycles. The molecule has 19 nitrogen and oxygen atoms in total. The molecular formula is C54H63N9O10S. The molecule has 3 aromatic carbocycles. The van der Waals surface area contributed by atoms with E-state index in [1.807, 2.05) is 17.0 Å². The molecule has 4 N–H and O–H groups in total. The van der Waals surface area contributed by atoms with E-state index in [2.05, 4.69) is 63.1 Å². The van der Waals surface area contributed by atoms with Crippen LogP contribution in [0.4, 0.5) is 28.4 Å². The maximum Gasteiger partial charge on any atom is 0.297 e. The van der Waals surface area contributed by atoms with E-state index in [0.717, 1.165) is 56.6 Å². The van der Waals surface area contributed by atoms with Gasteiger partial charge in [0.25, 0.3) is 11.6 Å². The van der Waals surface area contributed by atoms with Gasteiger partial charge in [-0.15, -0.1) is 0 Å². The molecule has 1 spiro atoms. The summed E-state index contributed by atoms with van der Waals surface area (Å²) >= 11 is 0. The lowest BCUT2D eigenvalue weighted by Gasteiger charge is -2.57. The highest BCUT2D eigenvalue weighted by atomic mass is 32.2. The number of pyridine rings is 1. The summed E-state index contributed by atoms with van der Waals surface area (Å²) in [4.78, 5) is 42.9. The molecule has 8 aliphatic rings. The highest BCUT2D eigenvalue weighted by Gasteiger charge is 2.51. The zero-order valence-electron chi connectivity index (χ0n) is 41.7. The van der Waals surface area contributed by atoms with Gasteiger partial charge in [-0.1, -0.05) is 38.1 Å². The number of aromatic nitrogens is 2. The number of morpholine rings is 2. The van der Waals surface area contributed by atoms with Crippen LogP contribution in [0.25, 0.3) is 11.0 Å². The van der Waals surface area contributed by atoms with Crippen molar-refractivity contribution in [3.05, 3.63) is 93.7 Å². The van der Waals surface area contributed by atoms with Crippen molar-refractivity contribution in [2.75, 3.05) is 87.5 Å². The number of likely N-dealkylation sites (tertiary alicyclic amines) is 1. The molecule has 5 saturated heterocycles. The van der Waals surface area contributed by atoms with Gasteiger partial charge >= 0.3 is 0 Å². The number of carbonyl (C=O) groups excluding carboxylic acids is 1. The lowest BCUT2D eigenvalue weighted by atomic mass is 9.59. The fourth-order valence-electron chi connectivity index (χ4n) is 13.7. The van der Waals surface area contributed by atoms with Gasteiger partial charge in [-0.05, 0) is 85.3 Å². The van der Waals surface area contributed by atoms with Crippen molar-refractivity contribution in [3.8, 4) is 11.6 Å². The predicted octanol–water partition coefficient (Wildman–Crippen LogP) is 6.68. The molecule has 13 rings (SSSR count). The zero-order chi connectivity index (χ0) is 50.6. The van der Waals surface area contributed by atoms with Crippen LogP contribution in [0.2, 0.25) is 0 Å². The summed E-state index contributed by atoms with van der Waals surface area (Å²) in [6.45, 7) is 10.5. The van der Waals surface area contributed by atoms with Crippen molar-refractivity contribution in [2.24, 2.45) is 11.1 Å². The van der Waals surface area contributed by atoms with Crippen molar-refractivity contribution < 1.29 is 41.8 Å². The molecule has 2 bridgehead atoms. The van der Waals surface area contributed by atoms with Gasteiger partial charge in [-0.25, -0.2) is 8.42 Å². The summed E-state index contributed by atoms with van der Waals surface area (Å²) in [6.07, 6.45) is 6.42. The number of nitrogens with zero attached hydrogens (tertiary/aromatic N) is 6. The van der Waals surface area contributed by atoms with Crippen molar-refractivity contribution in [1.29, 1.82) is 0 Å². The number of nitro benzene ring substituents is 1. The number of hydrogen-bond acceptors (Lipinski definition) is 16. The number of benzene rings is 3. The molecule has 74 heavy (non-hydrogen) atoms. The van der Waals surface area contributed by atoms with Crippen molar-refractivity contribution in [2.45, 2.75) is 110 Å². The summed E-state index contributed by atoms with van der Waals surface area (Å²) in [5, 5.41) is 17.2. The number of rotatable bonds is 11. The topological polar surface area (TPSA) is 220 Å². The van der Waals surface area contributed by atoms with Crippen LogP contribution in [-0.2, 0) is 24.0 Å². The van der Waals surface area contributed by atoms with Crippen LogP contribution in [-0.4, -0.2) is 148 Å². The quantitative estimate of drug-likeness (QED) is 0.0928. The largest absolute Gasteiger partial charge is 0.489 e. The second-order valence-corrected chi connectivity index (χ2v) is 23.9. The maximum absolute atomic E-state index is 16.2. The fraction of sp³-hybridized carbons (Fsp3) is 0.519. The van der Waals surface area contributed by atoms with E-state index in [-0.39, 0.29) is 81.2 Å².